The second-order valence-electron chi connectivity index (χ2n) is 5.87. The number of carbonyl (C=O) groups is 2. The van der Waals surface area contributed by atoms with Crippen LogP contribution in [0.4, 0.5) is 11.4 Å². The van der Waals surface area contributed by atoms with Crippen molar-refractivity contribution in [3.8, 4) is 11.5 Å². The van der Waals surface area contributed by atoms with Crippen LogP contribution in [-0.2, 0) is 4.79 Å². The fraction of sp³-hybridized carbons (Fsp3) is 0.263. The third-order valence-electron chi connectivity index (χ3n) is 3.94. The van der Waals surface area contributed by atoms with Crippen LogP contribution >= 0.6 is 0 Å². The molecule has 7 nitrogen and oxygen atoms in total. The summed E-state index contributed by atoms with van der Waals surface area (Å²) in [6.45, 7) is 2.76. The molecule has 3 N–H and O–H groups in total. The number of ether oxygens (including phenoxy) is 2. The van der Waals surface area contributed by atoms with Gasteiger partial charge in [-0.05, 0) is 37.3 Å². The van der Waals surface area contributed by atoms with Crippen molar-refractivity contribution < 1.29 is 19.1 Å². The Morgan fingerprint density at radius 2 is 1.77 bits per heavy atom. The van der Waals surface area contributed by atoms with E-state index >= 15 is 0 Å². The summed E-state index contributed by atoms with van der Waals surface area (Å²) >= 11 is 0. The molecule has 0 bridgehead atoms. The first-order valence-corrected chi connectivity index (χ1v) is 8.36. The van der Waals surface area contributed by atoms with Crippen molar-refractivity contribution >= 4 is 23.2 Å². The number of hydrogen-bond donors (Lipinski definition) is 3. The zero-order valence-electron chi connectivity index (χ0n) is 14.7. The molecule has 0 saturated carbocycles. The van der Waals surface area contributed by atoms with Crippen molar-refractivity contribution in [3.05, 3.63) is 48.0 Å². The summed E-state index contributed by atoms with van der Waals surface area (Å²) < 4.78 is 11.0. The number of nitrogens with one attached hydrogen (secondary N) is 3. The molecule has 136 valence electrons. The Kier molecular flexibility index (Phi) is 5.26. The van der Waals surface area contributed by atoms with Crippen LogP contribution in [0.1, 0.15) is 17.3 Å². The van der Waals surface area contributed by atoms with E-state index in [1.165, 1.54) is 0 Å². The van der Waals surface area contributed by atoms with Crippen LogP contribution in [-0.4, -0.2) is 38.1 Å². The maximum atomic E-state index is 12.4. The zero-order chi connectivity index (χ0) is 18.5. The summed E-state index contributed by atoms with van der Waals surface area (Å²) in [5.74, 6) is 0.911. The molecule has 2 aromatic rings. The average molecular weight is 355 g/mol. The molecule has 0 aromatic heterocycles. The fourth-order valence-corrected chi connectivity index (χ4v) is 2.58. The number of benzene rings is 2. The molecule has 0 spiro atoms. The van der Waals surface area contributed by atoms with Gasteiger partial charge in [0.05, 0.1) is 0 Å². The van der Waals surface area contributed by atoms with Crippen LogP contribution in [0.3, 0.4) is 0 Å². The van der Waals surface area contributed by atoms with E-state index in [1.54, 1.807) is 56.4 Å². The SMILES string of the molecule is CNC(=O)c1cccc(N[C@@H](C)C(=O)Nc2ccc3c(c2)OCCO3)c1. The van der Waals surface area contributed by atoms with Crippen LogP contribution in [0, 0.1) is 0 Å². The number of hydrogen-bond acceptors (Lipinski definition) is 5. The van der Waals surface area contributed by atoms with Crippen molar-refractivity contribution in [3.63, 3.8) is 0 Å². The van der Waals surface area contributed by atoms with E-state index in [0.29, 0.717) is 41.7 Å². The minimum absolute atomic E-state index is 0.179. The van der Waals surface area contributed by atoms with Gasteiger partial charge >= 0.3 is 0 Å². The molecule has 26 heavy (non-hydrogen) atoms. The number of rotatable bonds is 5. The Labute approximate surface area is 151 Å². The van der Waals surface area contributed by atoms with Crippen LogP contribution < -0.4 is 25.4 Å². The third-order valence-corrected chi connectivity index (χ3v) is 3.94. The van der Waals surface area contributed by atoms with Gasteiger partial charge in [0, 0.05) is 30.1 Å². The van der Waals surface area contributed by atoms with E-state index in [4.69, 9.17) is 9.47 Å². The lowest BCUT2D eigenvalue weighted by Gasteiger charge is -2.20. The van der Waals surface area contributed by atoms with Gasteiger partial charge in [-0.15, -0.1) is 0 Å². The minimum Gasteiger partial charge on any atom is -0.486 e. The molecule has 1 aliphatic heterocycles. The zero-order valence-corrected chi connectivity index (χ0v) is 14.7. The first-order chi connectivity index (χ1) is 12.6. The van der Waals surface area contributed by atoms with Gasteiger partial charge in [-0.3, -0.25) is 9.59 Å². The molecular weight excluding hydrogens is 334 g/mol. The molecule has 0 radical (unpaired) electrons. The molecular formula is C19H21N3O4. The molecule has 7 heteroatoms. The number of carbonyl (C=O) groups excluding carboxylic acids is 2. The number of amides is 2. The highest BCUT2D eigenvalue weighted by Gasteiger charge is 2.16. The highest BCUT2D eigenvalue weighted by Crippen LogP contribution is 2.32. The lowest BCUT2D eigenvalue weighted by Crippen LogP contribution is -2.32. The predicted molar refractivity (Wildman–Crippen MR) is 99.0 cm³/mol. The molecule has 0 fully saturated rings. The molecule has 1 aliphatic rings. The van der Waals surface area contributed by atoms with Crippen molar-refractivity contribution in [2.75, 3.05) is 30.9 Å². The first-order valence-electron chi connectivity index (χ1n) is 8.36. The van der Waals surface area contributed by atoms with Gasteiger partial charge in [-0.2, -0.15) is 0 Å². The highest BCUT2D eigenvalue weighted by atomic mass is 16.6. The fourth-order valence-electron chi connectivity index (χ4n) is 2.58. The summed E-state index contributed by atoms with van der Waals surface area (Å²) in [4.78, 5) is 24.1. The first kappa shape index (κ1) is 17.6. The van der Waals surface area contributed by atoms with Crippen LogP contribution in [0.25, 0.3) is 0 Å². The van der Waals surface area contributed by atoms with Crippen LogP contribution in [0.2, 0.25) is 0 Å². The maximum absolute atomic E-state index is 12.4. The summed E-state index contributed by atoms with van der Waals surface area (Å²) in [6.07, 6.45) is 0. The highest BCUT2D eigenvalue weighted by molar-refractivity contribution is 5.97. The molecule has 1 heterocycles. The van der Waals surface area contributed by atoms with E-state index in [-0.39, 0.29) is 11.8 Å². The van der Waals surface area contributed by atoms with Crippen molar-refractivity contribution in [1.29, 1.82) is 0 Å². The average Bonchev–Trinajstić information content (AvgIpc) is 2.67. The van der Waals surface area contributed by atoms with Gasteiger partial charge in [0.15, 0.2) is 11.5 Å². The van der Waals surface area contributed by atoms with Gasteiger partial charge in [-0.25, -0.2) is 0 Å². The second kappa shape index (κ2) is 7.77. The number of fused-ring (bicyclic) bond motifs is 1. The standard InChI is InChI=1S/C19H21N3O4/c1-12(21-14-5-3-4-13(10-14)19(24)20-2)18(23)22-15-6-7-16-17(11-15)26-9-8-25-16/h3-7,10-12,21H,8-9H2,1-2H3,(H,20,24)(H,22,23)/t12-/m0/s1. The molecule has 0 aliphatic carbocycles. The summed E-state index contributed by atoms with van der Waals surface area (Å²) in [5.41, 5.74) is 1.85. The minimum atomic E-state index is -0.497. The van der Waals surface area contributed by atoms with Crippen molar-refractivity contribution in [1.82, 2.24) is 5.32 Å². The van der Waals surface area contributed by atoms with Gasteiger partial charge in [0.25, 0.3) is 5.91 Å². The molecule has 0 saturated heterocycles. The second-order valence-corrected chi connectivity index (χ2v) is 5.87. The number of anilines is 2. The van der Waals surface area contributed by atoms with E-state index in [9.17, 15) is 9.59 Å². The van der Waals surface area contributed by atoms with E-state index in [1.807, 2.05) is 0 Å². The smallest absolute Gasteiger partial charge is 0.251 e. The Hall–Kier alpha value is -3.22. The molecule has 3 rings (SSSR count). The molecule has 2 amide bonds. The van der Waals surface area contributed by atoms with Crippen LogP contribution in [0.15, 0.2) is 42.5 Å². The van der Waals surface area contributed by atoms with Gasteiger partial charge in [0.2, 0.25) is 5.91 Å². The largest absolute Gasteiger partial charge is 0.486 e. The maximum Gasteiger partial charge on any atom is 0.251 e. The van der Waals surface area contributed by atoms with Gasteiger partial charge in [-0.1, -0.05) is 6.07 Å². The van der Waals surface area contributed by atoms with Crippen molar-refractivity contribution in [2.24, 2.45) is 0 Å². The molecule has 0 unspecified atom stereocenters. The monoisotopic (exact) mass is 355 g/mol. The van der Waals surface area contributed by atoms with Gasteiger partial charge < -0.3 is 25.4 Å². The lowest BCUT2D eigenvalue weighted by molar-refractivity contribution is -0.116. The van der Waals surface area contributed by atoms with Gasteiger partial charge in [0.1, 0.15) is 19.3 Å². The third kappa shape index (κ3) is 4.05. The van der Waals surface area contributed by atoms with Crippen molar-refractivity contribution in [2.45, 2.75) is 13.0 Å². The molecule has 1 atom stereocenters. The molecule has 2 aromatic carbocycles. The Bertz CT molecular complexity index is 822. The van der Waals surface area contributed by atoms with Crippen LogP contribution in [0.5, 0.6) is 11.5 Å². The Morgan fingerprint density at radius 3 is 2.54 bits per heavy atom. The quantitative estimate of drug-likeness (QED) is 0.766. The topological polar surface area (TPSA) is 88.7 Å². The van der Waals surface area contributed by atoms with E-state index < -0.39 is 6.04 Å². The summed E-state index contributed by atoms with van der Waals surface area (Å²) in [5, 5.41) is 8.51. The normalized spacial score (nSPS) is 13.5. The summed E-state index contributed by atoms with van der Waals surface area (Å²) in [7, 11) is 1.58. The predicted octanol–water partition coefficient (Wildman–Crippen LogP) is 2.26. The van der Waals surface area contributed by atoms with E-state index in [0.717, 1.165) is 0 Å². The lowest BCUT2D eigenvalue weighted by atomic mass is 10.1. The Balaban J connectivity index is 1.64. The Morgan fingerprint density at radius 1 is 1.00 bits per heavy atom. The summed E-state index contributed by atoms with van der Waals surface area (Å²) in [6, 6.07) is 11.8. The van der Waals surface area contributed by atoms with E-state index in [2.05, 4.69) is 16.0 Å².